The topological polar surface area (TPSA) is 93.4 Å². The largest absolute Gasteiger partial charge is 0.465 e. The van der Waals surface area contributed by atoms with E-state index in [1.807, 2.05) is 0 Å². The number of carboxylic acid groups (broad SMARTS) is 1. The van der Waals surface area contributed by atoms with Gasteiger partial charge in [0.25, 0.3) is 0 Å². The van der Waals surface area contributed by atoms with Crippen LogP contribution in [0.3, 0.4) is 0 Å². The maximum absolute atomic E-state index is 13.1. The van der Waals surface area contributed by atoms with E-state index < -0.39 is 24.8 Å². The van der Waals surface area contributed by atoms with Gasteiger partial charge in [-0.25, -0.2) is 9.78 Å². The molecule has 0 saturated carbocycles. The number of amides is 1. The first kappa shape index (κ1) is 20.1. The second-order valence-electron chi connectivity index (χ2n) is 6.88. The van der Waals surface area contributed by atoms with Gasteiger partial charge in [-0.3, -0.25) is 4.79 Å². The van der Waals surface area contributed by atoms with Crippen LogP contribution in [0, 0.1) is 0 Å². The van der Waals surface area contributed by atoms with E-state index in [0.29, 0.717) is 21.9 Å². The molecule has 10 heteroatoms. The molecule has 2 heterocycles. The molecule has 0 bridgehead atoms. The molecule has 1 amide bonds. The molecule has 2 aromatic carbocycles. The molecule has 30 heavy (non-hydrogen) atoms. The summed E-state index contributed by atoms with van der Waals surface area (Å²) in [5.41, 5.74) is 1.62. The average molecular weight is 436 g/mol. The molecule has 0 aliphatic carbocycles. The van der Waals surface area contributed by atoms with Crippen molar-refractivity contribution < 1.29 is 28.2 Å². The second kappa shape index (κ2) is 7.56. The number of rotatable bonds is 5. The minimum Gasteiger partial charge on any atom is -0.465 e. The van der Waals surface area contributed by atoms with E-state index in [1.165, 1.54) is 25.1 Å². The lowest BCUT2D eigenvalue weighted by Crippen LogP contribution is -2.25. The highest BCUT2D eigenvalue weighted by molar-refractivity contribution is 6.31. The molecule has 7 nitrogen and oxygen atoms in total. The van der Waals surface area contributed by atoms with Crippen molar-refractivity contribution in [2.24, 2.45) is 0 Å². The SMILES string of the molecule is CC(=O)c1cccc(OC(F)F)c1[C@H]1C[C@@H](NC(=O)O)c2nc3ccc(Cl)cc3n21. The van der Waals surface area contributed by atoms with Crippen LogP contribution < -0.4 is 10.1 Å². The van der Waals surface area contributed by atoms with Gasteiger partial charge >= 0.3 is 12.7 Å². The Morgan fingerprint density at radius 1 is 1.33 bits per heavy atom. The van der Waals surface area contributed by atoms with Crippen LogP contribution in [0.4, 0.5) is 13.6 Å². The number of aromatic nitrogens is 2. The normalized spacial score (nSPS) is 17.9. The van der Waals surface area contributed by atoms with Gasteiger partial charge in [0.1, 0.15) is 11.6 Å². The van der Waals surface area contributed by atoms with E-state index in [-0.39, 0.29) is 29.1 Å². The number of carbonyl (C=O) groups is 2. The Bertz CT molecular complexity index is 1160. The third kappa shape index (κ3) is 3.45. The van der Waals surface area contributed by atoms with Crippen molar-refractivity contribution in [2.45, 2.75) is 32.0 Å². The van der Waals surface area contributed by atoms with E-state index in [0.717, 1.165) is 0 Å². The molecule has 2 N–H and O–H groups in total. The van der Waals surface area contributed by atoms with Crippen molar-refractivity contribution >= 4 is 34.5 Å². The number of benzene rings is 2. The van der Waals surface area contributed by atoms with Gasteiger partial charge in [-0.05, 0) is 31.2 Å². The minimum atomic E-state index is -3.09. The van der Waals surface area contributed by atoms with Crippen LogP contribution in [0.25, 0.3) is 11.0 Å². The minimum absolute atomic E-state index is 0.145. The number of ketones is 1. The summed E-state index contributed by atoms with van der Waals surface area (Å²) in [7, 11) is 0. The number of ether oxygens (including phenoxy) is 1. The highest BCUT2D eigenvalue weighted by Crippen LogP contribution is 2.45. The molecule has 0 saturated heterocycles. The second-order valence-corrected chi connectivity index (χ2v) is 7.32. The molecule has 0 fully saturated rings. The Hall–Kier alpha value is -3.20. The lowest BCUT2D eigenvalue weighted by atomic mass is 9.94. The Morgan fingerprint density at radius 2 is 2.10 bits per heavy atom. The van der Waals surface area contributed by atoms with Crippen molar-refractivity contribution in [3.05, 3.63) is 58.4 Å². The number of alkyl halides is 2. The van der Waals surface area contributed by atoms with Gasteiger partial charge in [0.15, 0.2) is 5.78 Å². The van der Waals surface area contributed by atoms with E-state index in [4.69, 9.17) is 16.3 Å². The maximum atomic E-state index is 13.1. The lowest BCUT2D eigenvalue weighted by molar-refractivity contribution is -0.0507. The zero-order chi connectivity index (χ0) is 21.6. The highest BCUT2D eigenvalue weighted by atomic mass is 35.5. The number of nitrogens with zero attached hydrogens (tertiary/aromatic N) is 2. The summed E-state index contributed by atoms with van der Waals surface area (Å²) in [6, 6.07) is 7.96. The number of Topliss-reactive ketones (excluding diaryl/α,β-unsaturated/α-hetero) is 1. The smallest absolute Gasteiger partial charge is 0.405 e. The zero-order valence-electron chi connectivity index (χ0n) is 15.6. The number of imidazole rings is 1. The third-order valence-corrected chi connectivity index (χ3v) is 5.29. The van der Waals surface area contributed by atoms with Gasteiger partial charge in [0.05, 0.1) is 23.1 Å². The van der Waals surface area contributed by atoms with Crippen LogP contribution in [0.2, 0.25) is 5.02 Å². The average Bonchev–Trinajstić information content (AvgIpc) is 3.18. The molecular formula is C20H16ClF2N3O4. The molecule has 1 aliphatic rings. The van der Waals surface area contributed by atoms with Crippen LogP contribution in [0.5, 0.6) is 5.75 Å². The third-order valence-electron chi connectivity index (χ3n) is 5.05. The van der Waals surface area contributed by atoms with Gasteiger partial charge in [-0.1, -0.05) is 23.7 Å². The molecule has 0 radical (unpaired) electrons. The zero-order valence-corrected chi connectivity index (χ0v) is 16.4. The Morgan fingerprint density at radius 3 is 2.77 bits per heavy atom. The van der Waals surface area contributed by atoms with E-state index >= 15 is 0 Å². The molecule has 156 valence electrons. The lowest BCUT2D eigenvalue weighted by Gasteiger charge is -2.21. The van der Waals surface area contributed by atoms with Crippen LogP contribution in [0.1, 0.15) is 47.2 Å². The number of nitrogens with one attached hydrogen (secondary N) is 1. The predicted octanol–water partition coefficient (Wildman–Crippen LogP) is 4.80. The number of hydrogen-bond donors (Lipinski definition) is 2. The maximum Gasteiger partial charge on any atom is 0.405 e. The summed E-state index contributed by atoms with van der Waals surface area (Å²) in [6.45, 7) is -1.76. The molecule has 3 aromatic rings. The van der Waals surface area contributed by atoms with Crippen molar-refractivity contribution in [1.82, 2.24) is 14.9 Å². The van der Waals surface area contributed by atoms with Crippen LogP contribution in [-0.4, -0.2) is 33.1 Å². The number of carbonyl (C=O) groups excluding carboxylic acids is 1. The quantitative estimate of drug-likeness (QED) is 0.562. The van der Waals surface area contributed by atoms with Crippen molar-refractivity contribution in [3.63, 3.8) is 0 Å². The Kier molecular flexibility index (Phi) is 5.07. The number of halogens is 3. The highest BCUT2D eigenvalue weighted by Gasteiger charge is 2.39. The summed E-state index contributed by atoms with van der Waals surface area (Å²) in [6.07, 6.45) is -1.08. The monoisotopic (exact) mass is 435 g/mol. The summed E-state index contributed by atoms with van der Waals surface area (Å²) in [5.74, 6) is -0.0714. The molecule has 2 atom stereocenters. The van der Waals surface area contributed by atoms with Gasteiger partial charge < -0.3 is 19.7 Å². The van der Waals surface area contributed by atoms with Gasteiger partial charge in [0, 0.05) is 22.6 Å². The number of hydrogen-bond acceptors (Lipinski definition) is 4. The molecular weight excluding hydrogens is 420 g/mol. The first-order valence-corrected chi connectivity index (χ1v) is 9.39. The van der Waals surface area contributed by atoms with Gasteiger partial charge in [0.2, 0.25) is 0 Å². The van der Waals surface area contributed by atoms with E-state index in [1.54, 1.807) is 22.8 Å². The van der Waals surface area contributed by atoms with Crippen LogP contribution in [-0.2, 0) is 0 Å². The first-order chi connectivity index (χ1) is 14.3. The molecule has 0 spiro atoms. The van der Waals surface area contributed by atoms with Crippen molar-refractivity contribution in [1.29, 1.82) is 0 Å². The van der Waals surface area contributed by atoms with Crippen molar-refractivity contribution in [3.8, 4) is 5.75 Å². The van der Waals surface area contributed by atoms with E-state index in [9.17, 15) is 23.5 Å². The summed E-state index contributed by atoms with van der Waals surface area (Å²) in [5, 5.41) is 12.1. The van der Waals surface area contributed by atoms with Crippen LogP contribution in [0.15, 0.2) is 36.4 Å². The summed E-state index contributed by atoms with van der Waals surface area (Å²) < 4.78 is 32.6. The van der Waals surface area contributed by atoms with Gasteiger partial charge in [-0.15, -0.1) is 0 Å². The molecule has 1 aromatic heterocycles. The fourth-order valence-corrected chi connectivity index (χ4v) is 4.17. The number of fused-ring (bicyclic) bond motifs is 3. The molecule has 4 rings (SSSR count). The van der Waals surface area contributed by atoms with Crippen molar-refractivity contribution in [2.75, 3.05) is 0 Å². The predicted molar refractivity (Wildman–Crippen MR) is 104 cm³/mol. The summed E-state index contributed by atoms with van der Waals surface area (Å²) >= 11 is 6.14. The summed E-state index contributed by atoms with van der Waals surface area (Å²) in [4.78, 5) is 28.1. The molecule has 1 aliphatic heterocycles. The van der Waals surface area contributed by atoms with E-state index in [2.05, 4.69) is 10.3 Å². The standard InChI is InChI=1S/C20H16ClF2N3O4/c1-9(27)11-3-2-4-16(30-19(22)23)17(11)15-8-13(25-20(28)29)18-24-12-6-5-10(21)7-14(12)26(15)18/h2-7,13,15,19,25H,8H2,1H3,(H,28,29)/t13-,15-/m1/s1. The fourth-order valence-electron chi connectivity index (χ4n) is 4.01. The van der Waals surface area contributed by atoms with Crippen LogP contribution >= 0.6 is 11.6 Å². The van der Waals surface area contributed by atoms with Gasteiger partial charge in [-0.2, -0.15) is 8.78 Å². The molecule has 0 unspecified atom stereocenters. The first-order valence-electron chi connectivity index (χ1n) is 9.01. The Labute approximate surface area is 174 Å². The Balaban J connectivity index is 1.97. The fraction of sp³-hybridized carbons (Fsp3) is 0.250.